The van der Waals surface area contributed by atoms with Crippen molar-refractivity contribution in [3.05, 3.63) is 147 Å². The lowest BCUT2D eigenvalue weighted by molar-refractivity contribution is 0.331. The summed E-state index contributed by atoms with van der Waals surface area (Å²) < 4.78 is 0. The third-order valence-electron chi connectivity index (χ3n) is 17.7. The van der Waals surface area contributed by atoms with Crippen molar-refractivity contribution in [2.75, 3.05) is 9.80 Å². The minimum Gasteiger partial charge on any atom is -0.311 e. The van der Waals surface area contributed by atoms with Crippen LogP contribution < -0.4 is 26.2 Å². The van der Waals surface area contributed by atoms with Crippen LogP contribution in [0.4, 0.5) is 34.1 Å². The summed E-state index contributed by atoms with van der Waals surface area (Å²) in [6.45, 7) is 36.9. The quantitative estimate of drug-likeness (QED) is 0.163. The summed E-state index contributed by atoms with van der Waals surface area (Å²) in [5.41, 5.74) is 28.4. The van der Waals surface area contributed by atoms with Crippen molar-refractivity contribution >= 4 is 57.2 Å². The maximum absolute atomic E-state index is 2.74. The number of rotatable bonds is 3. The Morgan fingerprint density at radius 2 is 0.923 bits per heavy atom. The topological polar surface area (TPSA) is 6.48 Å². The molecule has 0 radical (unpaired) electrons. The molecule has 5 aliphatic rings. The van der Waals surface area contributed by atoms with Gasteiger partial charge in [-0.1, -0.05) is 144 Å². The minimum atomic E-state index is 0.0625. The molecule has 0 fully saturated rings. The van der Waals surface area contributed by atoms with Gasteiger partial charge in [-0.3, -0.25) is 0 Å². The van der Waals surface area contributed by atoms with Crippen molar-refractivity contribution < 1.29 is 0 Å². The van der Waals surface area contributed by atoms with E-state index in [1.807, 2.05) is 0 Å². The largest absolute Gasteiger partial charge is 0.311 e. The van der Waals surface area contributed by atoms with E-state index < -0.39 is 0 Å². The molecule has 0 bridgehead atoms. The molecule has 3 heteroatoms. The normalized spacial score (nSPS) is 20.6. The van der Waals surface area contributed by atoms with E-state index in [1.165, 1.54) is 137 Å². The molecule has 0 amide bonds. The van der Waals surface area contributed by atoms with Gasteiger partial charge in [0.25, 0.3) is 6.71 Å². The van der Waals surface area contributed by atoms with Gasteiger partial charge in [0.05, 0.1) is 0 Å². The standard InChI is InChI=1S/C62H71BN2/c1-37-29-53-56-54(30-37)65(50-34-45-43(31-38(50)2)57(4,5)25-27-59(45,8)9)52-35-46-44(58(6,7)26-28-60(46,10)11)33-48(52)63(56)47-23-21-41(40-19-17-16-18-20-40)32-51(47)64(53)49-24-22-42-55(39(49)3)62(14,15)36-61(42,12)13/h16-24,29-35H,25-28,36H2,1-15H3. The predicted molar refractivity (Wildman–Crippen MR) is 281 cm³/mol. The second-order valence-corrected chi connectivity index (χ2v) is 25.2. The van der Waals surface area contributed by atoms with E-state index in [2.05, 4.69) is 211 Å². The molecule has 6 aromatic rings. The lowest BCUT2D eigenvalue weighted by atomic mass is 9.33. The first-order valence-electron chi connectivity index (χ1n) is 24.9. The van der Waals surface area contributed by atoms with Crippen LogP contribution in [0, 0.1) is 20.8 Å². The highest BCUT2D eigenvalue weighted by molar-refractivity contribution is 7.00. The van der Waals surface area contributed by atoms with Gasteiger partial charge < -0.3 is 9.80 Å². The van der Waals surface area contributed by atoms with E-state index in [0.29, 0.717) is 0 Å². The smallest absolute Gasteiger partial charge is 0.252 e. The van der Waals surface area contributed by atoms with Gasteiger partial charge >= 0.3 is 0 Å². The van der Waals surface area contributed by atoms with Gasteiger partial charge in [-0.25, -0.2) is 0 Å². The zero-order valence-electron chi connectivity index (χ0n) is 42.2. The molecular formula is C62H71BN2. The molecule has 2 aliphatic heterocycles. The summed E-state index contributed by atoms with van der Waals surface area (Å²) in [6, 6.07) is 39.0. The van der Waals surface area contributed by atoms with E-state index >= 15 is 0 Å². The molecule has 0 N–H and O–H groups in total. The lowest BCUT2D eigenvalue weighted by Crippen LogP contribution is -2.62. The Balaban J connectivity index is 1.26. The van der Waals surface area contributed by atoms with E-state index in [-0.39, 0.29) is 39.2 Å². The molecule has 0 saturated carbocycles. The average Bonchev–Trinajstić information content (AvgIpc) is 3.44. The van der Waals surface area contributed by atoms with Crippen molar-refractivity contribution in [2.45, 2.75) is 168 Å². The summed E-state index contributed by atoms with van der Waals surface area (Å²) in [5, 5.41) is 0. The zero-order chi connectivity index (χ0) is 46.1. The minimum absolute atomic E-state index is 0.0625. The van der Waals surface area contributed by atoms with E-state index in [1.54, 1.807) is 0 Å². The second-order valence-electron chi connectivity index (χ2n) is 25.2. The summed E-state index contributed by atoms with van der Waals surface area (Å²) in [6.07, 6.45) is 5.92. The first-order valence-corrected chi connectivity index (χ1v) is 24.9. The van der Waals surface area contributed by atoms with E-state index in [4.69, 9.17) is 0 Å². The van der Waals surface area contributed by atoms with Crippen LogP contribution in [-0.2, 0) is 32.5 Å². The van der Waals surface area contributed by atoms with Gasteiger partial charge in [-0.05, 0) is 199 Å². The molecule has 6 aromatic carbocycles. The molecule has 2 nitrogen and oxygen atoms in total. The Kier molecular flexibility index (Phi) is 8.88. The second kappa shape index (κ2) is 13.5. The fourth-order valence-corrected chi connectivity index (χ4v) is 14.1. The van der Waals surface area contributed by atoms with Gasteiger partial charge in [0, 0.05) is 34.1 Å². The van der Waals surface area contributed by atoms with Crippen LogP contribution in [-0.4, -0.2) is 6.71 Å². The Bertz CT molecular complexity index is 3010. The van der Waals surface area contributed by atoms with Crippen LogP contribution in [0.15, 0.2) is 97.1 Å². The van der Waals surface area contributed by atoms with Gasteiger partial charge in [0.2, 0.25) is 0 Å². The molecule has 0 unspecified atom stereocenters. The highest BCUT2D eigenvalue weighted by atomic mass is 15.2. The maximum atomic E-state index is 2.74. The van der Waals surface area contributed by atoms with Crippen molar-refractivity contribution in [3.8, 4) is 11.1 Å². The van der Waals surface area contributed by atoms with Gasteiger partial charge in [0.1, 0.15) is 0 Å². The van der Waals surface area contributed by atoms with E-state index in [0.717, 1.165) is 6.42 Å². The molecule has 0 atom stereocenters. The number of fused-ring (bicyclic) bond motifs is 7. The summed E-state index contributed by atoms with van der Waals surface area (Å²) in [7, 11) is 0. The Morgan fingerprint density at radius 1 is 0.400 bits per heavy atom. The van der Waals surface area contributed by atoms with Crippen molar-refractivity contribution in [1.82, 2.24) is 0 Å². The van der Waals surface area contributed by atoms with E-state index in [9.17, 15) is 0 Å². The third-order valence-corrected chi connectivity index (χ3v) is 17.7. The van der Waals surface area contributed by atoms with Gasteiger partial charge in [0.15, 0.2) is 0 Å². The number of hydrogen-bond acceptors (Lipinski definition) is 2. The fourth-order valence-electron chi connectivity index (χ4n) is 14.1. The molecular weight excluding hydrogens is 784 g/mol. The van der Waals surface area contributed by atoms with Crippen LogP contribution in [0.5, 0.6) is 0 Å². The molecule has 11 rings (SSSR count). The molecule has 332 valence electrons. The first-order chi connectivity index (χ1) is 30.4. The van der Waals surface area contributed by atoms with Crippen LogP contribution in [0.25, 0.3) is 11.1 Å². The highest BCUT2D eigenvalue weighted by Crippen LogP contribution is 2.56. The maximum Gasteiger partial charge on any atom is 0.252 e. The van der Waals surface area contributed by atoms with Crippen molar-refractivity contribution in [3.63, 3.8) is 0 Å². The first kappa shape index (κ1) is 42.6. The number of hydrogen-bond donors (Lipinski definition) is 0. The SMILES string of the molecule is Cc1cc2c3c(c1)N(c1ccc4c(c1C)C(C)(C)CC4(C)C)c1cc(-c4ccccc4)ccc1B3c1cc3c(cc1N2c1cc2c(cc1C)C(C)(C)CCC2(C)C)C(C)(C)CCC3(C)C. The monoisotopic (exact) mass is 855 g/mol. The molecule has 65 heavy (non-hydrogen) atoms. The van der Waals surface area contributed by atoms with Crippen LogP contribution in [0.3, 0.4) is 0 Å². The van der Waals surface area contributed by atoms with Crippen LogP contribution >= 0.6 is 0 Å². The molecule has 0 aromatic heterocycles. The number of benzene rings is 6. The van der Waals surface area contributed by atoms with Crippen molar-refractivity contribution in [2.24, 2.45) is 0 Å². The Labute approximate surface area is 392 Å². The summed E-state index contributed by atoms with van der Waals surface area (Å²) in [4.78, 5) is 5.44. The molecule has 3 aliphatic carbocycles. The Morgan fingerprint density at radius 3 is 1.52 bits per heavy atom. The van der Waals surface area contributed by atoms with Gasteiger partial charge in [-0.15, -0.1) is 0 Å². The highest BCUT2D eigenvalue weighted by Gasteiger charge is 2.49. The number of aryl methyl sites for hydroxylation is 2. The third kappa shape index (κ3) is 6.11. The number of nitrogens with zero attached hydrogens (tertiary/aromatic N) is 2. The lowest BCUT2D eigenvalue weighted by Gasteiger charge is -2.48. The molecule has 2 heterocycles. The van der Waals surface area contributed by atoms with Crippen LogP contribution in [0.2, 0.25) is 0 Å². The average molecular weight is 855 g/mol. The zero-order valence-corrected chi connectivity index (χ0v) is 42.2. The van der Waals surface area contributed by atoms with Gasteiger partial charge in [-0.2, -0.15) is 0 Å². The van der Waals surface area contributed by atoms with Crippen LogP contribution in [0.1, 0.15) is 165 Å². The van der Waals surface area contributed by atoms with Crippen molar-refractivity contribution in [1.29, 1.82) is 0 Å². The summed E-state index contributed by atoms with van der Waals surface area (Å²) >= 11 is 0. The fraction of sp³-hybridized carbons (Fsp3) is 0.419. The Hall–Kier alpha value is -5.02. The summed E-state index contributed by atoms with van der Waals surface area (Å²) in [5.74, 6) is 0. The number of anilines is 6. The predicted octanol–water partition coefficient (Wildman–Crippen LogP) is 15.0. The molecule has 0 saturated heterocycles. The molecule has 0 spiro atoms.